The Bertz CT molecular complexity index is 537. The zero-order valence-electron chi connectivity index (χ0n) is 9.18. The first-order valence-corrected chi connectivity index (χ1v) is 5.82. The minimum Gasteiger partial charge on any atom is -0.479 e. The minimum atomic E-state index is -5.09. The SMILES string of the molecule is O=C(O)C(O)c1cc(C(F)(F)F)c(I)cc1C(F)(F)F. The first-order chi connectivity index (χ1) is 8.85. The Morgan fingerprint density at radius 2 is 1.50 bits per heavy atom. The third-order valence-electron chi connectivity index (χ3n) is 2.28. The molecule has 1 aromatic carbocycles. The molecular formula is C10H5F6IO3. The Morgan fingerprint density at radius 1 is 1.05 bits per heavy atom. The first-order valence-electron chi connectivity index (χ1n) is 4.74. The van der Waals surface area contributed by atoms with Gasteiger partial charge >= 0.3 is 18.3 Å². The Hall–Kier alpha value is -1.04. The molecule has 10 heteroatoms. The number of aliphatic hydroxyl groups is 1. The fourth-order valence-electron chi connectivity index (χ4n) is 1.41. The molecule has 0 aliphatic carbocycles. The zero-order chi connectivity index (χ0) is 15.9. The van der Waals surface area contributed by atoms with E-state index in [4.69, 9.17) is 10.2 Å². The quantitative estimate of drug-likeness (QED) is 0.576. The van der Waals surface area contributed by atoms with Gasteiger partial charge in [0.1, 0.15) is 0 Å². The highest BCUT2D eigenvalue weighted by atomic mass is 127. The van der Waals surface area contributed by atoms with Gasteiger partial charge in [0, 0.05) is 9.13 Å². The van der Waals surface area contributed by atoms with Gasteiger partial charge in [0.15, 0.2) is 6.10 Å². The molecule has 1 aromatic rings. The van der Waals surface area contributed by atoms with E-state index in [0.29, 0.717) is 0 Å². The molecule has 0 aromatic heterocycles. The number of carboxylic acid groups (broad SMARTS) is 1. The maximum atomic E-state index is 12.7. The molecule has 1 atom stereocenters. The standard InChI is InChI=1S/C10H5F6IO3/c11-9(12,13)4-2-6(17)5(10(14,15)16)1-3(4)7(18)8(19)20/h1-2,7,18H,(H,19,20). The van der Waals surface area contributed by atoms with Crippen LogP contribution in [-0.2, 0) is 17.1 Å². The Labute approximate surface area is 121 Å². The molecule has 0 spiro atoms. The summed E-state index contributed by atoms with van der Waals surface area (Å²) in [5.41, 5.74) is -4.41. The van der Waals surface area contributed by atoms with Crippen LogP contribution in [0.5, 0.6) is 0 Å². The van der Waals surface area contributed by atoms with E-state index in [1.165, 1.54) is 0 Å². The molecular weight excluding hydrogens is 409 g/mol. The zero-order valence-corrected chi connectivity index (χ0v) is 11.3. The van der Waals surface area contributed by atoms with E-state index in [1.807, 2.05) is 0 Å². The van der Waals surface area contributed by atoms with Crippen molar-refractivity contribution in [2.75, 3.05) is 0 Å². The summed E-state index contributed by atoms with van der Waals surface area (Å²) in [5, 5.41) is 17.6. The molecule has 0 heterocycles. The van der Waals surface area contributed by atoms with Crippen LogP contribution < -0.4 is 0 Å². The van der Waals surface area contributed by atoms with Crippen LogP contribution in [0, 0.1) is 3.57 Å². The van der Waals surface area contributed by atoms with Crippen molar-refractivity contribution in [1.29, 1.82) is 0 Å². The molecule has 20 heavy (non-hydrogen) atoms. The molecule has 0 aliphatic rings. The van der Waals surface area contributed by atoms with E-state index in [1.54, 1.807) is 0 Å². The lowest BCUT2D eigenvalue weighted by Crippen LogP contribution is -2.20. The van der Waals surface area contributed by atoms with Crippen LogP contribution in [-0.4, -0.2) is 16.2 Å². The van der Waals surface area contributed by atoms with Gasteiger partial charge in [-0.05, 0) is 34.7 Å². The number of halogens is 7. The lowest BCUT2D eigenvalue weighted by molar-refractivity contribution is -0.150. The second kappa shape index (κ2) is 5.39. The van der Waals surface area contributed by atoms with Gasteiger partial charge in [-0.15, -0.1) is 0 Å². The smallest absolute Gasteiger partial charge is 0.417 e. The van der Waals surface area contributed by atoms with Gasteiger partial charge in [-0.25, -0.2) is 4.79 Å². The van der Waals surface area contributed by atoms with Crippen LogP contribution in [0.1, 0.15) is 22.8 Å². The van der Waals surface area contributed by atoms with Gasteiger partial charge in [-0.2, -0.15) is 26.3 Å². The predicted octanol–water partition coefficient (Wildman–Crippen LogP) is 3.45. The number of rotatable bonds is 2. The highest BCUT2D eigenvalue weighted by molar-refractivity contribution is 14.1. The van der Waals surface area contributed by atoms with Crippen molar-refractivity contribution in [2.24, 2.45) is 0 Å². The summed E-state index contributed by atoms with van der Waals surface area (Å²) < 4.78 is 75.1. The van der Waals surface area contributed by atoms with E-state index in [0.717, 1.165) is 22.6 Å². The Morgan fingerprint density at radius 3 is 1.85 bits per heavy atom. The van der Waals surface area contributed by atoms with Gasteiger partial charge in [0.25, 0.3) is 0 Å². The topological polar surface area (TPSA) is 57.5 Å². The van der Waals surface area contributed by atoms with Crippen molar-refractivity contribution < 1.29 is 41.4 Å². The predicted molar refractivity (Wildman–Crippen MR) is 61.8 cm³/mol. The summed E-state index contributed by atoms with van der Waals surface area (Å²) in [6.07, 6.45) is -12.8. The van der Waals surface area contributed by atoms with Gasteiger partial charge in [-0.1, -0.05) is 0 Å². The highest BCUT2D eigenvalue weighted by Gasteiger charge is 2.41. The average molecular weight is 414 g/mol. The number of aliphatic hydroxyl groups excluding tert-OH is 1. The van der Waals surface area contributed by atoms with E-state index < -0.39 is 44.7 Å². The van der Waals surface area contributed by atoms with E-state index >= 15 is 0 Å². The molecule has 0 radical (unpaired) electrons. The number of benzene rings is 1. The molecule has 1 unspecified atom stereocenters. The van der Waals surface area contributed by atoms with Crippen molar-refractivity contribution in [3.63, 3.8) is 0 Å². The number of alkyl halides is 6. The summed E-state index contributed by atoms with van der Waals surface area (Å²) in [5.74, 6) is -2.08. The van der Waals surface area contributed by atoms with Crippen molar-refractivity contribution in [3.8, 4) is 0 Å². The number of hydrogen-bond acceptors (Lipinski definition) is 2. The van der Waals surface area contributed by atoms with Crippen molar-refractivity contribution in [3.05, 3.63) is 32.4 Å². The summed E-state index contributed by atoms with van der Waals surface area (Å²) in [6, 6.07) is 0.161. The fraction of sp³-hybridized carbons (Fsp3) is 0.300. The molecule has 0 saturated heterocycles. The van der Waals surface area contributed by atoms with Crippen LogP contribution in [0.25, 0.3) is 0 Å². The highest BCUT2D eigenvalue weighted by Crippen LogP contribution is 2.41. The molecule has 0 bridgehead atoms. The van der Waals surface area contributed by atoms with Gasteiger partial charge in [-0.3, -0.25) is 0 Å². The maximum Gasteiger partial charge on any atom is 0.417 e. The summed E-state index contributed by atoms with van der Waals surface area (Å²) >= 11 is 1.06. The van der Waals surface area contributed by atoms with Gasteiger partial charge < -0.3 is 10.2 Å². The molecule has 2 N–H and O–H groups in total. The lowest BCUT2D eigenvalue weighted by atomic mass is 9.98. The van der Waals surface area contributed by atoms with Crippen LogP contribution in [0.4, 0.5) is 26.3 Å². The monoisotopic (exact) mass is 414 g/mol. The van der Waals surface area contributed by atoms with Crippen molar-refractivity contribution in [1.82, 2.24) is 0 Å². The summed E-state index contributed by atoms with van der Waals surface area (Å²) in [6.45, 7) is 0. The molecule has 1 rings (SSSR count). The maximum absolute atomic E-state index is 12.7. The van der Waals surface area contributed by atoms with Crippen LogP contribution in [0.15, 0.2) is 12.1 Å². The van der Waals surface area contributed by atoms with Crippen molar-refractivity contribution in [2.45, 2.75) is 18.5 Å². The largest absolute Gasteiger partial charge is 0.479 e. The number of carboxylic acids is 1. The van der Waals surface area contributed by atoms with E-state index in [9.17, 15) is 31.1 Å². The van der Waals surface area contributed by atoms with Crippen LogP contribution in [0.2, 0.25) is 0 Å². The second-order valence-electron chi connectivity index (χ2n) is 3.66. The van der Waals surface area contributed by atoms with Crippen LogP contribution >= 0.6 is 22.6 Å². The normalized spacial score (nSPS) is 14.2. The summed E-state index contributed by atoms with van der Waals surface area (Å²) in [4.78, 5) is 10.5. The van der Waals surface area contributed by atoms with Gasteiger partial charge in [0.05, 0.1) is 11.1 Å². The third kappa shape index (κ3) is 3.53. The molecule has 0 fully saturated rings. The number of aliphatic carboxylic acids is 1. The molecule has 112 valence electrons. The van der Waals surface area contributed by atoms with Crippen LogP contribution in [0.3, 0.4) is 0 Å². The number of hydrogen-bond donors (Lipinski definition) is 2. The first kappa shape index (κ1) is 17.0. The Balaban J connectivity index is 3.63. The molecule has 0 amide bonds. The van der Waals surface area contributed by atoms with Crippen molar-refractivity contribution >= 4 is 28.6 Å². The molecule has 0 saturated carbocycles. The molecule has 0 aliphatic heterocycles. The Kier molecular flexibility index (Phi) is 4.58. The summed E-state index contributed by atoms with van der Waals surface area (Å²) in [7, 11) is 0. The minimum absolute atomic E-state index is 0.00336. The molecule has 3 nitrogen and oxygen atoms in total. The lowest BCUT2D eigenvalue weighted by Gasteiger charge is -2.19. The average Bonchev–Trinajstić information content (AvgIpc) is 2.24. The number of carbonyl (C=O) groups is 1. The third-order valence-corrected chi connectivity index (χ3v) is 3.17. The van der Waals surface area contributed by atoms with E-state index in [2.05, 4.69) is 0 Å². The van der Waals surface area contributed by atoms with Gasteiger partial charge in [0.2, 0.25) is 0 Å². The fourth-order valence-corrected chi connectivity index (χ4v) is 2.18. The second-order valence-corrected chi connectivity index (χ2v) is 4.82. The van der Waals surface area contributed by atoms with E-state index in [-0.39, 0.29) is 12.1 Å².